The number of Topliss-reactive ketones (excluding diaryl/α,β-unsaturated/α-hetero) is 2. The molecule has 14 nitrogen and oxygen atoms in total. The molecule has 6 aliphatic heterocycles. The van der Waals surface area contributed by atoms with Gasteiger partial charge in [-0.1, -0.05) is 79.1 Å². The Balaban J connectivity index is 0.000000319. The van der Waals surface area contributed by atoms with Gasteiger partial charge in [0.15, 0.2) is 11.6 Å². The third kappa shape index (κ3) is 14.7. The fourth-order valence-electron chi connectivity index (χ4n) is 13.9. The molecule has 80 heavy (non-hydrogen) atoms. The summed E-state index contributed by atoms with van der Waals surface area (Å²) in [7, 11) is 0. The maximum absolute atomic E-state index is 14.4. The monoisotopic (exact) mass is 1150 g/mol. The van der Waals surface area contributed by atoms with Crippen LogP contribution in [0.1, 0.15) is 175 Å². The molecule has 5 fully saturated rings. The Kier molecular flexibility index (Phi) is 23.3. The van der Waals surface area contributed by atoms with Gasteiger partial charge in [0, 0.05) is 72.1 Å². The van der Waals surface area contributed by atoms with Crippen molar-refractivity contribution in [3.05, 3.63) is 82.6 Å². The van der Waals surface area contributed by atoms with Gasteiger partial charge < -0.3 is 58.9 Å². The first-order chi connectivity index (χ1) is 37.3. The number of halogens is 2. The van der Waals surface area contributed by atoms with E-state index in [-0.39, 0.29) is 76.9 Å². The van der Waals surface area contributed by atoms with Crippen LogP contribution in [0.25, 0.3) is 0 Å². The van der Waals surface area contributed by atoms with Crippen LogP contribution in [0.2, 0.25) is 5.02 Å². The number of ketones is 2. The standard InChI is InChI=1S/C42H70O11.C21H23ClFNO2.Na/c1-11-29(38(46)47)31-15-14-23(4)36(50-31)27(8)34(44)26(7)35(45)30(12-2)37-24(5)22-25(6)41(51-37)19-16-32(43)42(53-41)21-20-39(10,52-42)33-17-18-40(48,13-3)28(9)49-33;22-18-7-5-17(6-8-18)21(26)11-14-24(15-12-21)13-1-2-20(25)16-3-9-19(23)10-4-16;/h16,19,23-34,36-37,43-44,48H,11-15,17-18,20-22H2,1-10H3,(H,46,47);3-10,26H,1-2,11-15H2;/q;;+1/p-1. The zero-order valence-electron chi connectivity index (χ0n) is 49.5. The first kappa shape index (κ1) is 66.9. The normalized spacial score (nSPS) is 36.2. The molecule has 442 valence electrons. The third-order valence-electron chi connectivity index (χ3n) is 19.5. The molecule has 2 spiro atoms. The van der Waals surface area contributed by atoms with Crippen molar-refractivity contribution in [2.45, 2.75) is 230 Å². The third-order valence-corrected chi connectivity index (χ3v) is 19.8. The topological polar surface area (TPSA) is 205 Å². The molecule has 0 aromatic heterocycles. The number of hydrogen-bond acceptors (Lipinski definition) is 14. The first-order valence-electron chi connectivity index (χ1n) is 29.7. The zero-order chi connectivity index (χ0) is 57.8. The molecular weight excluding hydrogens is 1060 g/mol. The molecule has 18 atom stereocenters. The van der Waals surface area contributed by atoms with Crippen molar-refractivity contribution in [2.75, 3.05) is 19.6 Å². The Morgan fingerprint density at radius 3 is 2.09 bits per heavy atom. The van der Waals surface area contributed by atoms with E-state index in [2.05, 4.69) is 25.7 Å². The van der Waals surface area contributed by atoms with Crippen molar-refractivity contribution in [3.63, 3.8) is 0 Å². The number of aliphatic hydroxyl groups excluding tert-OH is 2. The SMILES string of the molecule is CCC(C(=O)[O-])C1CCC(C)C(C(C)C(O)C(C)C(=O)C(CC)C2OC3(C=CC(O)C4(CCC(C)(C5CCC(O)(CC)C(C)O5)O4)O3)C(C)CC2C)O1.O=C(CCCN1CCC(O)(c2ccc(Cl)cc2)CC1)c1ccc(F)cc1.[Na+]. The number of aliphatic carboxylic acids is 1. The fourth-order valence-corrected chi connectivity index (χ4v) is 14.0. The smallest absolute Gasteiger partial charge is 0.550 e. The number of carbonyl (C=O) groups is 3. The van der Waals surface area contributed by atoms with E-state index in [0.29, 0.717) is 87.6 Å². The predicted octanol–water partition coefficient (Wildman–Crippen LogP) is 6.28. The minimum absolute atomic E-state index is 0. The molecule has 4 N–H and O–H groups in total. The number of ether oxygens (including phenoxy) is 5. The van der Waals surface area contributed by atoms with E-state index in [1.807, 2.05) is 65.8 Å². The molecule has 8 rings (SSSR count). The summed E-state index contributed by atoms with van der Waals surface area (Å²) < 4.78 is 46.3. The van der Waals surface area contributed by atoms with E-state index >= 15 is 0 Å². The van der Waals surface area contributed by atoms with Crippen LogP contribution < -0.4 is 34.7 Å². The maximum atomic E-state index is 14.4. The van der Waals surface area contributed by atoms with Crippen LogP contribution in [0.15, 0.2) is 60.7 Å². The number of hydrogen-bond donors (Lipinski definition) is 4. The summed E-state index contributed by atoms with van der Waals surface area (Å²) in [5, 5.41) is 57.5. The van der Waals surface area contributed by atoms with E-state index in [0.717, 1.165) is 38.0 Å². The van der Waals surface area contributed by atoms with Crippen molar-refractivity contribution >= 4 is 29.1 Å². The Morgan fingerprint density at radius 2 is 1.49 bits per heavy atom. The number of rotatable bonds is 18. The summed E-state index contributed by atoms with van der Waals surface area (Å²) in [5.74, 6) is -6.52. The second-order valence-electron chi connectivity index (χ2n) is 24.8. The molecule has 6 heterocycles. The van der Waals surface area contributed by atoms with Crippen LogP contribution >= 0.6 is 11.6 Å². The molecular formula is C63H92ClFNNaO13. The second kappa shape index (κ2) is 27.9. The number of aliphatic hydroxyl groups is 4. The number of piperidine rings is 1. The first-order valence-corrected chi connectivity index (χ1v) is 30.1. The van der Waals surface area contributed by atoms with Crippen LogP contribution in [0.3, 0.4) is 0 Å². The summed E-state index contributed by atoms with van der Waals surface area (Å²) in [6, 6.07) is 13.1. The summed E-state index contributed by atoms with van der Waals surface area (Å²) in [4.78, 5) is 40.6. The van der Waals surface area contributed by atoms with E-state index in [9.17, 15) is 44.3 Å². The largest absolute Gasteiger partial charge is 1.00 e. The van der Waals surface area contributed by atoms with Gasteiger partial charge in [0.05, 0.1) is 53.4 Å². The second-order valence-corrected chi connectivity index (χ2v) is 25.2. The molecule has 17 heteroatoms. The number of benzene rings is 2. The van der Waals surface area contributed by atoms with Crippen molar-refractivity contribution < 1.29 is 97.5 Å². The number of carboxylic acid groups (broad SMARTS) is 1. The van der Waals surface area contributed by atoms with Crippen molar-refractivity contribution in [2.24, 2.45) is 41.4 Å². The van der Waals surface area contributed by atoms with E-state index in [4.69, 9.17) is 35.3 Å². The maximum Gasteiger partial charge on any atom is 1.00 e. The molecule has 6 aliphatic rings. The minimum Gasteiger partial charge on any atom is -0.550 e. The zero-order valence-corrected chi connectivity index (χ0v) is 52.3. The molecule has 0 radical (unpaired) electrons. The van der Waals surface area contributed by atoms with Crippen molar-refractivity contribution in [1.29, 1.82) is 0 Å². The number of likely N-dealkylation sites (tertiary alicyclic amines) is 1. The number of carbonyl (C=O) groups excluding carboxylic acids is 3. The Hall–Kier alpha value is -2.19. The average Bonchev–Trinajstić information content (AvgIpc) is 4.00. The van der Waals surface area contributed by atoms with Gasteiger partial charge in [0.1, 0.15) is 17.7 Å². The number of carboxylic acids is 1. The Morgan fingerprint density at radius 1 is 0.838 bits per heavy atom. The Labute approximate surface area is 502 Å². The van der Waals surface area contributed by atoms with Gasteiger partial charge in [0.25, 0.3) is 0 Å². The molecule has 18 unspecified atom stereocenters. The molecule has 0 aliphatic carbocycles. The molecule has 2 aromatic carbocycles. The van der Waals surface area contributed by atoms with Gasteiger partial charge >= 0.3 is 29.6 Å². The van der Waals surface area contributed by atoms with Crippen LogP contribution in [0.5, 0.6) is 0 Å². The van der Waals surface area contributed by atoms with Gasteiger partial charge in [-0.2, -0.15) is 0 Å². The average molecular weight is 1150 g/mol. The van der Waals surface area contributed by atoms with Crippen molar-refractivity contribution in [3.8, 4) is 0 Å². The van der Waals surface area contributed by atoms with E-state index < -0.39 is 88.5 Å². The van der Waals surface area contributed by atoms with Gasteiger partial charge in [-0.15, -0.1) is 0 Å². The van der Waals surface area contributed by atoms with E-state index in [1.54, 1.807) is 19.1 Å². The van der Waals surface area contributed by atoms with Gasteiger partial charge in [-0.05, 0) is 163 Å². The van der Waals surface area contributed by atoms with Gasteiger partial charge in [0.2, 0.25) is 5.79 Å². The van der Waals surface area contributed by atoms with Gasteiger partial charge in [-0.25, -0.2) is 4.39 Å². The number of nitrogens with zero attached hydrogens (tertiary/aromatic N) is 1. The summed E-state index contributed by atoms with van der Waals surface area (Å²) in [5.41, 5.74) is -0.969. The molecule has 5 saturated heterocycles. The van der Waals surface area contributed by atoms with Crippen LogP contribution in [-0.4, -0.2) is 128 Å². The molecule has 2 aromatic rings. The van der Waals surface area contributed by atoms with Crippen molar-refractivity contribution in [1.82, 2.24) is 4.90 Å². The van der Waals surface area contributed by atoms with Crippen LogP contribution in [-0.2, 0) is 38.9 Å². The molecule has 0 amide bonds. The molecule has 0 saturated carbocycles. The summed E-state index contributed by atoms with van der Waals surface area (Å²) in [6.45, 7) is 21.9. The quantitative estimate of drug-likeness (QED) is 0.0737. The van der Waals surface area contributed by atoms with E-state index in [1.165, 1.54) is 24.3 Å². The van der Waals surface area contributed by atoms with Crippen LogP contribution in [0, 0.1) is 47.2 Å². The molecule has 0 bridgehead atoms. The summed E-state index contributed by atoms with van der Waals surface area (Å²) in [6.07, 6.45) is 7.76. The predicted molar refractivity (Wildman–Crippen MR) is 297 cm³/mol. The Bertz CT molecular complexity index is 2390. The fraction of sp³-hybridized carbons (Fsp3) is 0.730. The summed E-state index contributed by atoms with van der Waals surface area (Å²) >= 11 is 5.92. The van der Waals surface area contributed by atoms with Gasteiger partial charge in [-0.3, -0.25) is 9.59 Å². The van der Waals surface area contributed by atoms with Crippen LogP contribution in [0.4, 0.5) is 4.39 Å². The minimum atomic E-state index is -1.37.